The first-order valence-electron chi connectivity index (χ1n) is 13.2. The average molecular weight is 479 g/mol. The van der Waals surface area contributed by atoms with Crippen LogP contribution in [0.25, 0.3) is 0 Å². The number of aryl methyl sites for hydroxylation is 2. The van der Waals surface area contributed by atoms with Gasteiger partial charge in [0, 0.05) is 24.5 Å². The minimum absolute atomic E-state index is 0.175. The van der Waals surface area contributed by atoms with Crippen LogP contribution in [0.5, 0.6) is 0 Å². The summed E-state index contributed by atoms with van der Waals surface area (Å²) in [7, 11) is 0. The summed E-state index contributed by atoms with van der Waals surface area (Å²) in [4.78, 5) is 31.5. The van der Waals surface area contributed by atoms with Gasteiger partial charge in [-0.05, 0) is 68.7 Å². The number of aromatic nitrogens is 1. The van der Waals surface area contributed by atoms with E-state index in [-0.39, 0.29) is 11.9 Å². The number of hydrogen-bond donors (Lipinski definition) is 3. The smallest absolute Gasteiger partial charge is 0.326 e. The van der Waals surface area contributed by atoms with Gasteiger partial charge in [-0.15, -0.1) is 0 Å². The molecule has 3 N–H and O–H groups in total. The van der Waals surface area contributed by atoms with Crippen molar-refractivity contribution in [2.45, 2.75) is 82.7 Å². The number of unbranched alkanes of at least 4 members (excludes halogenated alkanes) is 4. The number of hydrogen-bond acceptors (Lipinski definition) is 5. The van der Waals surface area contributed by atoms with Gasteiger partial charge < -0.3 is 20.6 Å². The number of rotatable bonds is 12. The van der Waals surface area contributed by atoms with Crippen LogP contribution in [0.4, 0.5) is 11.5 Å². The van der Waals surface area contributed by atoms with Crippen molar-refractivity contribution < 1.29 is 14.7 Å². The number of nitrogens with zero attached hydrogens (tertiary/aromatic N) is 2. The Labute approximate surface area is 208 Å². The Hall–Kier alpha value is -3.09. The van der Waals surface area contributed by atoms with Gasteiger partial charge in [0.1, 0.15) is 17.9 Å². The highest BCUT2D eigenvalue weighted by molar-refractivity contribution is 5.89. The van der Waals surface area contributed by atoms with Gasteiger partial charge >= 0.3 is 5.97 Å². The predicted molar refractivity (Wildman–Crippen MR) is 139 cm³/mol. The third-order valence-corrected chi connectivity index (χ3v) is 7.14. The lowest BCUT2D eigenvalue weighted by molar-refractivity contribution is -0.142. The minimum Gasteiger partial charge on any atom is -0.480 e. The first-order valence-corrected chi connectivity index (χ1v) is 13.2. The van der Waals surface area contributed by atoms with E-state index in [9.17, 15) is 14.7 Å². The van der Waals surface area contributed by atoms with Crippen LogP contribution in [0.1, 0.15) is 69.0 Å². The molecule has 1 aromatic heterocycles. The maximum absolute atomic E-state index is 12.9. The third kappa shape index (κ3) is 6.96. The third-order valence-electron chi connectivity index (χ3n) is 7.14. The van der Waals surface area contributed by atoms with Gasteiger partial charge in [0.2, 0.25) is 5.91 Å². The molecule has 1 aromatic carbocycles. The number of fused-ring (bicyclic) bond motifs is 1. The van der Waals surface area contributed by atoms with E-state index in [0.717, 1.165) is 88.1 Å². The predicted octanol–water partition coefficient (Wildman–Crippen LogP) is 4.56. The molecule has 7 heteroatoms. The van der Waals surface area contributed by atoms with Crippen molar-refractivity contribution in [3.8, 4) is 0 Å². The summed E-state index contributed by atoms with van der Waals surface area (Å²) in [5, 5.41) is 15.9. The molecule has 2 atom stereocenters. The van der Waals surface area contributed by atoms with Crippen LogP contribution in [0.3, 0.4) is 0 Å². The molecule has 3 heterocycles. The second-order valence-electron chi connectivity index (χ2n) is 9.73. The zero-order chi connectivity index (χ0) is 24.5. The maximum Gasteiger partial charge on any atom is 0.326 e. The molecule has 2 aliphatic rings. The van der Waals surface area contributed by atoms with E-state index in [1.54, 1.807) is 0 Å². The Kier molecular flexibility index (Phi) is 8.98. The van der Waals surface area contributed by atoms with Gasteiger partial charge in [-0.25, -0.2) is 9.78 Å². The summed E-state index contributed by atoms with van der Waals surface area (Å²) >= 11 is 0. The fraction of sp³-hybridized carbons (Fsp3) is 0.536. The molecule has 0 radical (unpaired) electrons. The van der Waals surface area contributed by atoms with Crippen molar-refractivity contribution in [1.82, 2.24) is 10.3 Å². The molecule has 0 bridgehead atoms. The van der Waals surface area contributed by atoms with E-state index in [1.165, 1.54) is 12.0 Å². The number of pyridine rings is 1. The molecule has 0 saturated carbocycles. The van der Waals surface area contributed by atoms with Gasteiger partial charge in [-0.2, -0.15) is 0 Å². The summed E-state index contributed by atoms with van der Waals surface area (Å²) in [6.45, 7) is 1.82. The van der Waals surface area contributed by atoms with Crippen LogP contribution in [0.2, 0.25) is 0 Å². The Morgan fingerprint density at radius 2 is 1.86 bits per heavy atom. The average Bonchev–Trinajstić information content (AvgIpc) is 3.38. The lowest BCUT2D eigenvalue weighted by Gasteiger charge is -2.27. The Morgan fingerprint density at radius 1 is 1.06 bits per heavy atom. The molecule has 1 amide bonds. The summed E-state index contributed by atoms with van der Waals surface area (Å²) in [5.41, 5.74) is 3.47. The Balaban J connectivity index is 1.15. The molecular weight excluding hydrogens is 440 g/mol. The van der Waals surface area contributed by atoms with Crippen LogP contribution in [-0.4, -0.2) is 47.1 Å². The number of carbonyl (C=O) groups excluding carboxylic acids is 1. The van der Waals surface area contributed by atoms with Crippen molar-refractivity contribution >= 4 is 23.4 Å². The van der Waals surface area contributed by atoms with Crippen molar-refractivity contribution in [2.24, 2.45) is 0 Å². The normalized spacial score (nSPS) is 17.9. The van der Waals surface area contributed by atoms with Crippen molar-refractivity contribution in [2.75, 3.05) is 23.3 Å². The van der Waals surface area contributed by atoms with E-state index in [4.69, 9.17) is 4.98 Å². The van der Waals surface area contributed by atoms with E-state index in [1.807, 2.05) is 30.3 Å². The molecule has 4 rings (SSSR count). The topological polar surface area (TPSA) is 94.6 Å². The molecule has 188 valence electrons. The molecule has 1 saturated heterocycles. The van der Waals surface area contributed by atoms with Crippen LogP contribution < -0.4 is 15.5 Å². The number of benzene rings is 1. The van der Waals surface area contributed by atoms with Gasteiger partial charge in [0.25, 0.3) is 0 Å². The first kappa shape index (κ1) is 25.0. The van der Waals surface area contributed by atoms with E-state index < -0.39 is 12.0 Å². The monoisotopic (exact) mass is 478 g/mol. The van der Waals surface area contributed by atoms with Gasteiger partial charge in [0.15, 0.2) is 0 Å². The molecule has 35 heavy (non-hydrogen) atoms. The number of aliphatic carboxylic acids is 1. The largest absolute Gasteiger partial charge is 0.480 e. The summed E-state index contributed by atoms with van der Waals surface area (Å²) in [5.74, 6) is -0.0690. The van der Waals surface area contributed by atoms with E-state index in [2.05, 4.69) is 27.7 Å². The summed E-state index contributed by atoms with van der Waals surface area (Å²) in [6.07, 6.45) is 10.4. The highest BCUT2D eigenvalue weighted by Gasteiger charge is 2.33. The van der Waals surface area contributed by atoms with Gasteiger partial charge in [-0.1, -0.05) is 49.9 Å². The fourth-order valence-electron chi connectivity index (χ4n) is 5.19. The summed E-state index contributed by atoms with van der Waals surface area (Å²) < 4.78 is 0. The maximum atomic E-state index is 12.9. The quantitative estimate of drug-likeness (QED) is 0.387. The highest BCUT2D eigenvalue weighted by Crippen LogP contribution is 2.25. The number of amides is 1. The second kappa shape index (κ2) is 12.6. The van der Waals surface area contributed by atoms with Crippen LogP contribution in [0.15, 0.2) is 42.5 Å². The molecular formula is C28H38N4O3. The summed E-state index contributed by atoms with van der Waals surface area (Å²) in [6, 6.07) is 13.1. The standard InChI is InChI=1S/C28H38N4O3/c33-27(25-16-10-20-32(25)23-13-6-4-7-14-23)31-24(28(34)35)15-8-3-1-2-5-12-22-18-17-21-11-9-19-29-26(21)30-22/h4,6-7,13-14,17-18,24-25H,1-3,5,8-12,15-16,19-20H2,(H,29,30)(H,31,33)(H,34,35). The van der Waals surface area contributed by atoms with Crippen molar-refractivity contribution in [1.29, 1.82) is 0 Å². The van der Waals surface area contributed by atoms with E-state index in [0.29, 0.717) is 6.42 Å². The second-order valence-corrected chi connectivity index (χ2v) is 9.73. The van der Waals surface area contributed by atoms with Crippen LogP contribution in [0, 0.1) is 0 Å². The molecule has 2 unspecified atom stereocenters. The number of carbonyl (C=O) groups is 2. The molecule has 0 aliphatic carbocycles. The van der Waals surface area contributed by atoms with Gasteiger partial charge in [-0.3, -0.25) is 4.79 Å². The first-order chi connectivity index (χ1) is 17.1. The van der Waals surface area contributed by atoms with Gasteiger partial charge in [0.05, 0.1) is 0 Å². The van der Waals surface area contributed by atoms with Crippen molar-refractivity contribution in [3.63, 3.8) is 0 Å². The zero-order valence-corrected chi connectivity index (χ0v) is 20.5. The lowest BCUT2D eigenvalue weighted by Crippen LogP contribution is -2.49. The minimum atomic E-state index is -0.949. The zero-order valence-electron chi connectivity index (χ0n) is 20.5. The number of carboxylic acids is 1. The van der Waals surface area contributed by atoms with E-state index >= 15 is 0 Å². The molecule has 2 aromatic rings. The van der Waals surface area contributed by atoms with Crippen LogP contribution in [-0.2, 0) is 22.4 Å². The lowest BCUT2D eigenvalue weighted by atomic mass is 10.0. The van der Waals surface area contributed by atoms with Crippen LogP contribution >= 0.6 is 0 Å². The number of anilines is 2. The van der Waals surface area contributed by atoms with Crippen molar-refractivity contribution in [3.05, 3.63) is 53.7 Å². The molecule has 0 spiro atoms. The number of para-hydroxylation sites is 1. The Bertz CT molecular complexity index is 981. The molecule has 1 fully saturated rings. The SMILES string of the molecule is O=C(O)C(CCCCCCCc1ccc2c(n1)NCCC2)NC(=O)C1CCCN1c1ccccc1. The fourth-order valence-corrected chi connectivity index (χ4v) is 5.19. The highest BCUT2D eigenvalue weighted by atomic mass is 16.4. The molecule has 7 nitrogen and oxygen atoms in total. The molecule has 2 aliphatic heterocycles. The number of nitrogens with one attached hydrogen (secondary N) is 2. The number of carboxylic acid groups (broad SMARTS) is 1. The Morgan fingerprint density at radius 3 is 2.69 bits per heavy atom.